The maximum absolute atomic E-state index is 12.4. The first kappa shape index (κ1) is 20.6. The molecule has 7 heteroatoms. The predicted octanol–water partition coefficient (Wildman–Crippen LogP) is 3.09. The molecule has 0 saturated carbocycles. The largest absolute Gasteiger partial charge is 0.493 e. The Morgan fingerprint density at radius 3 is 2.52 bits per heavy atom. The van der Waals surface area contributed by atoms with E-state index in [1.54, 1.807) is 12.1 Å². The standard InChI is InChI=1S/C20H24F2N2O3/c1-24(14-19(25)23-11-10-15-6-4-3-5-7-15)13-16-8-9-17(27-20(21)22)18(12-16)26-2/h3-9,12,20H,10-11,13-14H2,1-2H3,(H,23,25). The predicted molar refractivity (Wildman–Crippen MR) is 99.1 cm³/mol. The van der Waals surface area contributed by atoms with E-state index in [1.807, 2.05) is 42.3 Å². The molecule has 0 aliphatic carbocycles. The second-order valence-corrected chi connectivity index (χ2v) is 6.12. The molecule has 0 atom stereocenters. The monoisotopic (exact) mass is 378 g/mol. The lowest BCUT2D eigenvalue weighted by Crippen LogP contribution is -2.35. The minimum absolute atomic E-state index is 0.0161. The number of hydrogen-bond acceptors (Lipinski definition) is 4. The van der Waals surface area contributed by atoms with Gasteiger partial charge in [0.25, 0.3) is 0 Å². The molecule has 0 spiro atoms. The van der Waals surface area contributed by atoms with Crippen LogP contribution in [0.5, 0.6) is 11.5 Å². The minimum atomic E-state index is -2.91. The van der Waals surface area contributed by atoms with Crippen molar-refractivity contribution in [2.75, 3.05) is 27.2 Å². The zero-order valence-electron chi connectivity index (χ0n) is 15.5. The van der Waals surface area contributed by atoms with E-state index in [1.165, 1.54) is 18.7 Å². The van der Waals surface area contributed by atoms with Crippen LogP contribution in [0.25, 0.3) is 0 Å². The molecule has 1 amide bonds. The Labute approximate surface area is 157 Å². The highest BCUT2D eigenvalue weighted by atomic mass is 19.3. The molecule has 0 saturated heterocycles. The van der Waals surface area contributed by atoms with Crippen LogP contribution in [0.4, 0.5) is 8.78 Å². The molecule has 0 radical (unpaired) electrons. The van der Waals surface area contributed by atoms with E-state index in [-0.39, 0.29) is 24.0 Å². The number of methoxy groups -OCH3 is 1. The summed E-state index contributed by atoms with van der Waals surface area (Å²) in [5, 5.41) is 2.89. The lowest BCUT2D eigenvalue weighted by molar-refractivity contribution is -0.122. The van der Waals surface area contributed by atoms with Crippen LogP contribution < -0.4 is 14.8 Å². The number of alkyl halides is 2. The van der Waals surface area contributed by atoms with Crippen LogP contribution >= 0.6 is 0 Å². The molecule has 2 aromatic carbocycles. The van der Waals surface area contributed by atoms with E-state index in [2.05, 4.69) is 10.1 Å². The first-order chi connectivity index (χ1) is 13.0. The number of carbonyl (C=O) groups excluding carboxylic acids is 1. The molecule has 0 aliphatic heterocycles. The number of carbonyl (C=O) groups is 1. The van der Waals surface area contributed by atoms with Gasteiger partial charge in [-0.1, -0.05) is 36.4 Å². The summed E-state index contributed by atoms with van der Waals surface area (Å²) in [6, 6.07) is 14.7. The first-order valence-corrected chi connectivity index (χ1v) is 8.59. The van der Waals surface area contributed by atoms with Crippen molar-refractivity contribution in [1.82, 2.24) is 10.2 Å². The lowest BCUT2D eigenvalue weighted by Gasteiger charge is -2.18. The van der Waals surface area contributed by atoms with Gasteiger partial charge >= 0.3 is 6.61 Å². The number of nitrogens with zero attached hydrogens (tertiary/aromatic N) is 1. The Kier molecular flexibility index (Phi) is 8.00. The third-order valence-electron chi connectivity index (χ3n) is 3.89. The molecular formula is C20H24F2N2O3. The third-order valence-corrected chi connectivity index (χ3v) is 3.89. The zero-order chi connectivity index (χ0) is 19.6. The Morgan fingerprint density at radius 2 is 1.85 bits per heavy atom. The molecule has 0 bridgehead atoms. The Balaban J connectivity index is 1.80. The van der Waals surface area contributed by atoms with Gasteiger partial charge in [0, 0.05) is 13.1 Å². The second kappa shape index (κ2) is 10.5. The molecule has 0 unspecified atom stereocenters. The van der Waals surface area contributed by atoms with Gasteiger partial charge in [-0.2, -0.15) is 8.78 Å². The average Bonchev–Trinajstić information content (AvgIpc) is 2.63. The molecule has 5 nitrogen and oxygen atoms in total. The normalized spacial score (nSPS) is 10.9. The van der Waals surface area contributed by atoms with Crippen LogP contribution in [0.1, 0.15) is 11.1 Å². The summed E-state index contributed by atoms with van der Waals surface area (Å²) >= 11 is 0. The smallest absolute Gasteiger partial charge is 0.387 e. The quantitative estimate of drug-likeness (QED) is 0.690. The maximum Gasteiger partial charge on any atom is 0.387 e. The van der Waals surface area contributed by atoms with Gasteiger partial charge in [0.2, 0.25) is 5.91 Å². The van der Waals surface area contributed by atoms with E-state index < -0.39 is 6.61 Å². The SMILES string of the molecule is COc1cc(CN(C)CC(=O)NCCc2ccccc2)ccc1OC(F)F. The fourth-order valence-electron chi connectivity index (χ4n) is 2.66. The molecule has 0 fully saturated rings. The fraction of sp³-hybridized carbons (Fsp3) is 0.350. The topological polar surface area (TPSA) is 50.8 Å². The number of halogens is 2. The highest BCUT2D eigenvalue weighted by Crippen LogP contribution is 2.29. The Morgan fingerprint density at radius 1 is 1.11 bits per heavy atom. The summed E-state index contributed by atoms with van der Waals surface area (Å²) < 4.78 is 34.2. The highest BCUT2D eigenvalue weighted by Gasteiger charge is 2.13. The third kappa shape index (κ3) is 7.22. The molecule has 27 heavy (non-hydrogen) atoms. The molecular weight excluding hydrogens is 354 g/mol. The maximum atomic E-state index is 12.4. The number of rotatable bonds is 10. The Bertz CT molecular complexity index is 726. The molecule has 0 aliphatic rings. The summed E-state index contributed by atoms with van der Waals surface area (Å²) in [5.74, 6) is 0.143. The zero-order valence-corrected chi connectivity index (χ0v) is 15.5. The fourth-order valence-corrected chi connectivity index (χ4v) is 2.66. The van der Waals surface area contributed by atoms with E-state index in [9.17, 15) is 13.6 Å². The van der Waals surface area contributed by atoms with Crippen molar-refractivity contribution in [2.45, 2.75) is 19.6 Å². The highest BCUT2D eigenvalue weighted by molar-refractivity contribution is 5.77. The number of nitrogens with one attached hydrogen (secondary N) is 1. The lowest BCUT2D eigenvalue weighted by atomic mass is 10.1. The number of amides is 1. The van der Waals surface area contributed by atoms with Crippen molar-refractivity contribution in [2.24, 2.45) is 0 Å². The van der Waals surface area contributed by atoms with Crippen molar-refractivity contribution in [3.8, 4) is 11.5 Å². The number of ether oxygens (including phenoxy) is 2. The number of hydrogen-bond donors (Lipinski definition) is 1. The van der Waals surface area contributed by atoms with Crippen molar-refractivity contribution < 1.29 is 23.0 Å². The molecule has 0 heterocycles. The van der Waals surface area contributed by atoms with Gasteiger partial charge in [0.15, 0.2) is 11.5 Å². The first-order valence-electron chi connectivity index (χ1n) is 8.59. The molecule has 146 valence electrons. The van der Waals surface area contributed by atoms with Crippen LogP contribution in [0.3, 0.4) is 0 Å². The molecule has 1 N–H and O–H groups in total. The van der Waals surface area contributed by atoms with Crippen molar-refractivity contribution in [3.63, 3.8) is 0 Å². The van der Waals surface area contributed by atoms with Crippen molar-refractivity contribution >= 4 is 5.91 Å². The van der Waals surface area contributed by atoms with Gasteiger partial charge in [-0.15, -0.1) is 0 Å². The Hall–Kier alpha value is -2.67. The summed E-state index contributed by atoms with van der Waals surface area (Å²) in [6.45, 7) is -1.64. The molecule has 2 aromatic rings. The van der Waals surface area contributed by atoms with E-state index in [0.717, 1.165) is 12.0 Å². The van der Waals surface area contributed by atoms with Crippen LogP contribution in [0.2, 0.25) is 0 Å². The molecule has 0 aromatic heterocycles. The van der Waals surface area contributed by atoms with E-state index in [0.29, 0.717) is 13.1 Å². The van der Waals surface area contributed by atoms with E-state index in [4.69, 9.17) is 4.74 Å². The second-order valence-electron chi connectivity index (χ2n) is 6.12. The van der Waals surface area contributed by atoms with Crippen molar-refractivity contribution in [3.05, 3.63) is 59.7 Å². The minimum Gasteiger partial charge on any atom is -0.493 e. The molecule has 2 rings (SSSR count). The van der Waals surface area contributed by atoms with Gasteiger partial charge in [0.1, 0.15) is 0 Å². The number of benzene rings is 2. The van der Waals surface area contributed by atoms with E-state index >= 15 is 0 Å². The van der Waals surface area contributed by atoms with Crippen molar-refractivity contribution in [1.29, 1.82) is 0 Å². The number of likely N-dealkylation sites (N-methyl/N-ethyl adjacent to an activating group) is 1. The van der Waals surface area contributed by atoms with Gasteiger partial charge in [-0.25, -0.2) is 0 Å². The van der Waals surface area contributed by atoms with Crippen LogP contribution in [-0.4, -0.2) is 44.7 Å². The van der Waals surface area contributed by atoms with Gasteiger partial charge in [-0.3, -0.25) is 9.69 Å². The average molecular weight is 378 g/mol. The van der Waals surface area contributed by atoms with Crippen LogP contribution in [0, 0.1) is 0 Å². The summed E-state index contributed by atoms with van der Waals surface area (Å²) in [4.78, 5) is 13.9. The van der Waals surface area contributed by atoms with Gasteiger partial charge in [-0.05, 0) is 36.7 Å². The van der Waals surface area contributed by atoms with Gasteiger partial charge < -0.3 is 14.8 Å². The summed E-state index contributed by atoms with van der Waals surface area (Å²) in [6.07, 6.45) is 0.777. The summed E-state index contributed by atoms with van der Waals surface area (Å²) in [5.41, 5.74) is 2.00. The van der Waals surface area contributed by atoms with Gasteiger partial charge in [0.05, 0.1) is 13.7 Å². The van der Waals surface area contributed by atoms with Crippen LogP contribution in [-0.2, 0) is 17.8 Å². The van der Waals surface area contributed by atoms with Crippen LogP contribution in [0.15, 0.2) is 48.5 Å². The summed E-state index contributed by atoms with van der Waals surface area (Å²) in [7, 11) is 3.20.